The van der Waals surface area contributed by atoms with E-state index in [0.717, 1.165) is 18.9 Å². The fourth-order valence-electron chi connectivity index (χ4n) is 3.30. The summed E-state index contributed by atoms with van der Waals surface area (Å²) in [6.45, 7) is 4.69. The van der Waals surface area contributed by atoms with Gasteiger partial charge in [-0.2, -0.15) is 0 Å². The zero-order chi connectivity index (χ0) is 11.4. The third kappa shape index (κ3) is 2.47. The van der Waals surface area contributed by atoms with Crippen molar-refractivity contribution in [1.29, 1.82) is 0 Å². The van der Waals surface area contributed by atoms with Crippen molar-refractivity contribution in [2.75, 3.05) is 6.54 Å². The fourth-order valence-corrected chi connectivity index (χ4v) is 3.30. The van der Waals surface area contributed by atoms with Crippen LogP contribution < -0.4 is 0 Å². The second-order valence-electron chi connectivity index (χ2n) is 5.17. The van der Waals surface area contributed by atoms with Crippen LogP contribution in [-0.2, 0) is 4.79 Å². The molecule has 2 atom stereocenters. The maximum Gasteiger partial charge on any atom is 0.223 e. The van der Waals surface area contributed by atoms with Crippen LogP contribution >= 0.6 is 0 Å². The van der Waals surface area contributed by atoms with Gasteiger partial charge in [0.15, 0.2) is 0 Å². The van der Waals surface area contributed by atoms with Crippen LogP contribution in [0.5, 0.6) is 0 Å². The zero-order valence-corrected chi connectivity index (χ0v) is 10.2. The summed E-state index contributed by atoms with van der Waals surface area (Å²) in [4.78, 5) is 14.3. The van der Waals surface area contributed by atoms with Crippen molar-refractivity contribution in [2.45, 2.75) is 57.4 Å². The first-order valence-corrected chi connectivity index (χ1v) is 6.73. The highest BCUT2D eigenvalue weighted by Crippen LogP contribution is 2.35. The van der Waals surface area contributed by atoms with Gasteiger partial charge in [-0.15, -0.1) is 6.58 Å². The molecule has 2 heteroatoms. The number of amides is 1. The number of carbonyl (C=O) groups is 1. The topological polar surface area (TPSA) is 20.3 Å². The Hall–Kier alpha value is -0.790. The van der Waals surface area contributed by atoms with Gasteiger partial charge in [-0.1, -0.05) is 18.9 Å². The number of rotatable bonds is 3. The Morgan fingerprint density at radius 3 is 2.81 bits per heavy atom. The Bertz CT molecular complexity index is 259. The van der Waals surface area contributed by atoms with E-state index in [0.29, 0.717) is 18.4 Å². The summed E-state index contributed by atoms with van der Waals surface area (Å²) >= 11 is 0. The molecule has 1 aliphatic carbocycles. The van der Waals surface area contributed by atoms with E-state index in [2.05, 4.69) is 11.5 Å². The molecule has 1 saturated carbocycles. The van der Waals surface area contributed by atoms with Crippen molar-refractivity contribution >= 4 is 5.91 Å². The monoisotopic (exact) mass is 221 g/mol. The van der Waals surface area contributed by atoms with Gasteiger partial charge in [-0.25, -0.2) is 0 Å². The van der Waals surface area contributed by atoms with Crippen LogP contribution in [0.1, 0.15) is 51.4 Å². The van der Waals surface area contributed by atoms with E-state index in [9.17, 15) is 4.79 Å². The molecule has 0 aromatic carbocycles. The lowest BCUT2D eigenvalue weighted by Gasteiger charge is -2.44. The largest absolute Gasteiger partial charge is 0.339 e. The summed E-state index contributed by atoms with van der Waals surface area (Å²) < 4.78 is 0. The third-order valence-corrected chi connectivity index (χ3v) is 4.13. The molecule has 90 valence electrons. The smallest absolute Gasteiger partial charge is 0.223 e. The molecule has 2 nitrogen and oxygen atoms in total. The fraction of sp³-hybridized carbons (Fsp3) is 0.786. The second-order valence-corrected chi connectivity index (χ2v) is 5.17. The van der Waals surface area contributed by atoms with Gasteiger partial charge in [0.05, 0.1) is 0 Å². The predicted molar refractivity (Wildman–Crippen MR) is 66.1 cm³/mol. The molecule has 2 fully saturated rings. The van der Waals surface area contributed by atoms with Crippen molar-refractivity contribution in [3.63, 3.8) is 0 Å². The molecular formula is C14H23NO. The number of allylic oxidation sites excluding steroid dienone is 1. The molecule has 2 aliphatic rings. The molecule has 1 saturated heterocycles. The molecule has 0 N–H and O–H groups in total. The molecule has 1 aliphatic heterocycles. The van der Waals surface area contributed by atoms with Gasteiger partial charge < -0.3 is 4.90 Å². The van der Waals surface area contributed by atoms with Gasteiger partial charge in [0.2, 0.25) is 5.91 Å². The minimum atomic E-state index is 0.358. The second kappa shape index (κ2) is 5.51. The van der Waals surface area contributed by atoms with Crippen molar-refractivity contribution in [3.8, 4) is 0 Å². The van der Waals surface area contributed by atoms with E-state index < -0.39 is 0 Å². The Labute approximate surface area is 98.7 Å². The number of likely N-dealkylation sites (tertiary alicyclic amines) is 1. The summed E-state index contributed by atoms with van der Waals surface area (Å²) in [5.74, 6) is 1.16. The number of hydrogen-bond acceptors (Lipinski definition) is 1. The van der Waals surface area contributed by atoms with Crippen molar-refractivity contribution in [3.05, 3.63) is 12.7 Å². The van der Waals surface area contributed by atoms with Gasteiger partial charge in [0.1, 0.15) is 0 Å². The third-order valence-electron chi connectivity index (χ3n) is 4.13. The Morgan fingerprint density at radius 2 is 2.00 bits per heavy atom. The standard InChI is InChI=1S/C14H23NO/c1-2-3-10-14(16)15-11-6-8-12-7-4-5-9-13(12)15/h2,12-13H,1,3-11H2/t12-,13?/m1/s1. The number of carbonyl (C=O) groups excluding carboxylic acids is 1. The first kappa shape index (κ1) is 11.7. The lowest BCUT2D eigenvalue weighted by atomic mass is 9.78. The molecule has 1 amide bonds. The van der Waals surface area contributed by atoms with Crippen molar-refractivity contribution < 1.29 is 4.79 Å². The van der Waals surface area contributed by atoms with E-state index in [-0.39, 0.29) is 0 Å². The highest BCUT2D eigenvalue weighted by Gasteiger charge is 2.34. The van der Waals surface area contributed by atoms with Crippen LogP contribution in [0, 0.1) is 5.92 Å². The predicted octanol–water partition coefficient (Wildman–Crippen LogP) is 3.13. The highest BCUT2D eigenvalue weighted by atomic mass is 16.2. The quantitative estimate of drug-likeness (QED) is 0.670. The SMILES string of the molecule is C=CCCC(=O)N1CCC[C@H]2CCCCC21. The maximum atomic E-state index is 12.1. The average molecular weight is 221 g/mol. The normalized spacial score (nSPS) is 29.6. The minimum Gasteiger partial charge on any atom is -0.339 e. The molecule has 1 heterocycles. The summed E-state index contributed by atoms with van der Waals surface area (Å²) in [7, 11) is 0. The van der Waals surface area contributed by atoms with Crippen LogP contribution in [0.4, 0.5) is 0 Å². The van der Waals surface area contributed by atoms with E-state index >= 15 is 0 Å². The molecule has 0 aromatic rings. The molecule has 0 radical (unpaired) electrons. The molecule has 0 bridgehead atoms. The first-order valence-electron chi connectivity index (χ1n) is 6.73. The first-order chi connectivity index (χ1) is 7.83. The van der Waals surface area contributed by atoms with E-state index in [4.69, 9.17) is 0 Å². The molecule has 16 heavy (non-hydrogen) atoms. The molecule has 0 aromatic heterocycles. The highest BCUT2D eigenvalue weighted by molar-refractivity contribution is 5.76. The van der Waals surface area contributed by atoms with Gasteiger partial charge >= 0.3 is 0 Å². The number of fused-ring (bicyclic) bond motifs is 1. The summed E-state index contributed by atoms with van der Waals surface area (Å²) in [6.07, 6.45) is 11.2. The van der Waals surface area contributed by atoms with Crippen LogP contribution in [0.2, 0.25) is 0 Å². The van der Waals surface area contributed by atoms with Gasteiger partial charge in [0, 0.05) is 19.0 Å². The molecule has 1 unspecified atom stereocenters. The number of nitrogens with zero attached hydrogens (tertiary/aromatic N) is 1. The Balaban J connectivity index is 1.96. The van der Waals surface area contributed by atoms with Gasteiger partial charge in [0.25, 0.3) is 0 Å². The van der Waals surface area contributed by atoms with Crippen LogP contribution in [0.25, 0.3) is 0 Å². The Kier molecular flexibility index (Phi) is 4.03. The van der Waals surface area contributed by atoms with E-state index in [1.165, 1.54) is 38.5 Å². The van der Waals surface area contributed by atoms with E-state index in [1.54, 1.807) is 0 Å². The van der Waals surface area contributed by atoms with Crippen LogP contribution in [0.15, 0.2) is 12.7 Å². The van der Waals surface area contributed by atoms with Crippen LogP contribution in [-0.4, -0.2) is 23.4 Å². The van der Waals surface area contributed by atoms with Crippen molar-refractivity contribution in [1.82, 2.24) is 4.90 Å². The van der Waals surface area contributed by atoms with Crippen molar-refractivity contribution in [2.24, 2.45) is 5.92 Å². The van der Waals surface area contributed by atoms with E-state index in [1.807, 2.05) is 6.08 Å². The maximum absolute atomic E-state index is 12.1. The summed E-state index contributed by atoms with van der Waals surface area (Å²) in [5.41, 5.74) is 0. The van der Waals surface area contributed by atoms with Gasteiger partial charge in [-0.05, 0) is 38.0 Å². The number of hydrogen-bond donors (Lipinski definition) is 0. The van der Waals surface area contributed by atoms with Crippen LogP contribution in [0.3, 0.4) is 0 Å². The molecule has 0 spiro atoms. The minimum absolute atomic E-state index is 0.358. The lowest BCUT2D eigenvalue weighted by molar-refractivity contribution is -0.137. The molecule has 2 rings (SSSR count). The molecular weight excluding hydrogens is 198 g/mol. The number of piperidine rings is 1. The zero-order valence-electron chi connectivity index (χ0n) is 10.2. The lowest BCUT2D eigenvalue weighted by Crippen LogP contribution is -2.49. The summed E-state index contributed by atoms with van der Waals surface area (Å²) in [5, 5.41) is 0. The Morgan fingerprint density at radius 1 is 1.25 bits per heavy atom. The average Bonchev–Trinajstić information content (AvgIpc) is 2.35. The summed E-state index contributed by atoms with van der Waals surface area (Å²) in [6, 6.07) is 0.569. The van der Waals surface area contributed by atoms with Gasteiger partial charge in [-0.3, -0.25) is 4.79 Å².